The first kappa shape index (κ1) is 14.9. The molecule has 0 saturated heterocycles. The van der Waals surface area contributed by atoms with Gasteiger partial charge in [0.1, 0.15) is 5.82 Å². The van der Waals surface area contributed by atoms with Crippen LogP contribution in [0.15, 0.2) is 30.3 Å². The van der Waals surface area contributed by atoms with E-state index in [4.69, 9.17) is 0 Å². The van der Waals surface area contributed by atoms with Gasteiger partial charge in [0.2, 0.25) is 0 Å². The van der Waals surface area contributed by atoms with E-state index in [0.717, 1.165) is 5.56 Å². The Balaban J connectivity index is 2.68. The van der Waals surface area contributed by atoms with Crippen LogP contribution in [0.2, 0.25) is 0 Å². The SMILES string of the molecule is COC(=O)C(C/C=C/c1ccc(F)cc1)C(=O)OC. The summed E-state index contributed by atoms with van der Waals surface area (Å²) >= 11 is 0. The summed E-state index contributed by atoms with van der Waals surface area (Å²) in [5.41, 5.74) is 0.773. The first-order valence-corrected chi connectivity index (χ1v) is 5.66. The highest BCUT2D eigenvalue weighted by molar-refractivity contribution is 5.95. The van der Waals surface area contributed by atoms with Crippen molar-refractivity contribution in [3.63, 3.8) is 0 Å². The lowest BCUT2D eigenvalue weighted by Gasteiger charge is -2.09. The molecule has 1 aromatic rings. The predicted octanol–water partition coefficient (Wildman–Crippen LogP) is 2.19. The molecule has 0 radical (unpaired) electrons. The van der Waals surface area contributed by atoms with Crippen LogP contribution in [-0.4, -0.2) is 26.2 Å². The van der Waals surface area contributed by atoms with Crippen LogP contribution in [0, 0.1) is 11.7 Å². The third-order valence-electron chi connectivity index (χ3n) is 2.52. The Morgan fingerprint density at radius 1 is 1.16 bits per heavy atom. The molecule has 1 rings (SSSR count). The number of esters is 2. The van der Waals surface area contributed by atoms with Crippen molar-refractivity contribution in [1.82, 2.24) is 0 Å². The Labute approximate surface area is 110 Å². The molecule has 0 fully saturated rings. The van der Waals surface area contributed by atoms with Gasteiger partial charge in [-0.05, 0) is 24.1 Å². The first-order chi connectivity index (χ1) is 9.08. The molecule has 0 aliphatic heterocycles. The van der Waals surface area contributed by atoms with Gasteiger partial charge in [-0.15, -0.1) is 0 Å². The van der Waals surface area contributed by atoms with Gasteiger partial charge in [-0.1, -0.05) is 24.3 Å². The second-order valence-electron chi connectivity index (χ2n) is 3.79. The summed E-state index contributed by atoms with van der Waals surface area (Å²) < 4.78 is 21.8. The summed E-state index contributed by atoms with van der Waals surface area (Å²) in [6.45, 7) is 0. The maximum atomic E-state index is 12.7. The largest absolute Gasteiger partial charge is 0.468 e. The average Bonchev–Trinajstić information content (AvgIpc) is 2.44. The molecule has 4 nitrogen and oxygen atoms in total. The third-order valence-corrected chi connectivity index (χ3v) is 2.52. The lowest BCUT2D eigenvalue weighted by atomic mass is 10.0. The molecule has 5 heteroatoms. The number of ether oxygens (including phenoxy) is 2. The molecule has 0 saturated carbocycles. The highest BCUT2D eigenvalue weighted by Crippen LogP contribution is 2.11. The van der Waals surface area contributed by atoms with Crippen molar-refractivity contribution in [3.05, 3.63) is 41.7 Å². The van der Waals surface area contributed by atoms with Gasteiger partial charge in [-0.3, -0.25) is 9.59 Å². The first-order valence-electron chi connectivity index (χ1n) is 5.66. The topological polar surface area (TPSA) is 52.6 Å². The van der Waals surface area contributed by atoms with Gasteiger partial charge in [0.15, 0.2) is 5.92 Å². The van der Waals surface area contributed by atoms with Gasteiger partial charge in [0.05, 0.1) is 14.2 Å². The van der Waals surface area contributed by atoms with Crippen molar-refractivity contribution in [3.8, 4) is 0 Å². The summed E-state index contributed by atoms with van der Waals surface area (Å²) in [5.74, 6) is -2.59. The third kappa shape index (κ3) is 4.54. The molecular formula is C14H15FO4. The fourth-order valence-electron chi connectivity index (χ4n) is 1.49. The van der Waals surface area contributed by atoms with Crippen molar-refractivity contribution in [2.75, 3.05) is 14.2 Å². The maximum Gasteiger partial charge on any atom is 0.320 e. The van der Waals surface area contributed by atoms with Gasteiger partial charge < -0.3 is 9.47 Å². The molecule has 0 heterocycles. The number of allylic oxidation sites excluding steroid dienone is 1. The Morgan fingerprint density at radius 2 is 1.68 bits per heavy atom. The fourth-order valence-corrected chi connectivity index (χ4v) is 1.49. The van der Waals surface area contributed by atoms with Crippen molar-refractivity contribution in [2.45, 2.75) is 6.42 Å². The minimum absolute atomic E-state index is 0.163. The number of benzene rings is 1. The molecular weight excluding hydrogens is 251 g/mol. The molecule has 0 bridgehead atoms. The van der Waals surface area contributed by atoms with Crippen LogP contribution in [0.5, 0.6) is 0 Å². The van der Waals surface area contributed by atoms with E-state index in [1.54, 1.807) is 24.3 Å². The monoisotopic (exact) mass is 266 g/mol. The van der Waals surface area contributed by atoms with Gasteiger partial charge in [0, 0.05) is 0 Å². The minimum Gasteiger partial charge on any atom is -0.468 e. The standard InChI is InChI=1S/C14H15FO4/c1-18-13(16)12(14(17)19-2)5-3-4-10-6-8-11(15)9-7-10/h3-4,6-9,12H,5H2,1-2H3/b4-3+. The smallest absolute Gasteiger partial charge is 0.320 e. The lowest BCUT2D eigenvalue weighted by molar-refractivity contribution is -0.158. The Morgan fingerprint density at radius 3 is 2.16 bits per heavy atom. The molecule has 102 valence electrons. The van der Waals surface area contributed by atoms with Gasteiger partial charge in [-0.25, -0.2) is 4.39 Å². The lowest BCUT2D eigenvalue weighted by Crippen LogP contribution is -2.25. The molecule has 1 aromatic carbocycles. The van der Waals surface area contributed by atoms with E-state index in [-0.39, 0.29) is 12.2 Å². The average molecular weight is 266 g/mol. The summed E-state index contributed by atoms with van der Waals surface area (Å²) in [5, 5.41) is 0. The molecule has 0 N–H and O–H groups in total. The second kappa shape index (κ2) is 7.31. The zero-order valence-electron chi connectivity index (χ0n) is 10.8. The van der Waals surface area contributed by atoms with E-state index in [2.05, 4.69) is 9.47 Å². The molecule has 0 spiro atoms. The van der Waals surface area contributed by atoms with Gasteiger partial charge >= 0.3 is 11.9 Å². The number of rotatable bonds is 5. The Hall–Kier alpha value is -2.17. The number of hydrogen-bond donors (Lipinski definition) is 0. The molecule has 0 aliphatic rings. The van der Waals surface area contributed by atoms with E-state index < -0.39 is 17.9 Å². The van der Waals surface area contributed by atoms with Crippen LogP contribution in [0.4, 0.5) is 4.39 Å². The van der Waals surface area contributed by atoms with Crippen molar-refractivity contribution < 1.29 is 23.5 Å². The maximum absolute atomic E-state index is 12.7. The number of methoxy groups -OCH3 is 2. The van der Waals surface area contributed by atoms with Gasteiger partial charge in [-0.2, -0.15) is 0 Å². The van der Waals surface area contributed by atoms with E-state index in [1.165, 1.54) is 26.4 Å². The fraction of sp³-hybridized carbons (Fsp3) is 0.286. The van der Waals surface area contributed by atoms with Crippen LogP contribution in [0.25, 0.3) is 6.08 Å². The van der Waals surface area contributed by atoms with E-state index in [1.807, 2.05) is 0 Å². The van der Waals surface area contributed by atoms with Crippen molar-refractivity contribution in [1.29, 1.82) is 0 Å². The number of carbonyl (C=O) groups is 2. The number of hydrogen-bond acceptors (Lipinski definition) is 4. The van der Waals surface area contributed by atoms with Crippen LogP contribution in [-0.2, 0) is 19.1 Å². The number of carbonyl (C=O) groups excluding carboxylic acids is 2. The molecule has 0 unspecified atom stereocenters. The molecule has 0 amide bonds. The second-order valence-corrected chi connectivity index (χ2v) is 3.79. The van der Waals surface area contributed by atoms with Crippen LogP contribution in [0.3, 0.4) is 0 Å². The Bertz CT molecular complexity index is 449. The Kier molecular flexibility index (Phi) is 5.73. The zero-order chi connectivity index (χ0) is 14.3. The summed E-state index contributed by atoms with van der Waals surface area (Å²) in [6, 6.07) is 5.85. The van der Waals surface area contributed by atoms with Gasteiger partial charge in [0.25, 0.3) is 0 Å². The van der Waals surface area contributed by atoms with Crippen molar-refractivity contribution >= 4 is 18.0 Å². The van der Waals surface area contributed by atoms with Crippen molar-refractivity contribution in [2.24, 2.45) is 5.92 Å². The predicted molar refractivity (Wildman–Crippen MR) is 67.6 cm³/mol. The van der Waals surface area contributed by atoms with Crippen LogP contribution >= 0.6 is 0 Å². The molecule has 19 heavy (non-hydrogen) atoms. The minimum atomic E-state index is -0.980. The number of halogens is 1. The summed E-state index contributed by atoms with van der Waals surface area (Å²) in [6.07, 6.45) is 3.50. The summed E-state index contributed by atoms with van der Waals surface area (Å²) in [7, 11) is 2.42. The van der Waals surface area contributed by atoms with E-state index in [0.29, 0.717) is 0 Å². The molecule has 0 aliphatic carbocycles. The van der Waals surface area contributed by atoms with Crippen LogP contribution < -0.4 is 0 Å². The highest BCUT2D eigenvalue weighted by Gasteiger charge is 2.26. The summed E-state index contributed by atoms with van der Waals surface area (Å²) in [4.78, 5) is 22.8. The van der Waals surface area contributed by atoms with Crippen LogP contribution in [0.1, 0.15) is 12.0 Å². The normalized spacial score (nSPS) is 10.7. The molecule has 0 aromatic heterocycles. The van der Waals surface area contributed by atoms with E-state index in [9.17, 15) is 14.0 Å². The highest BCUT2D eigenvalue weighted by atomic mass is 19.1. The quantitative estimate of drug-likeness (QED) is 0.605. The molecule has 0 atom stereocenters. The zero-order valence-corrected chi connectivity index (χ0v) is 10.8. The van der Waals surface area contributed by atoms with E-state index >= 15 is 0 Å².